The number of hydrogen-bond donors (Lipinski definition) is 0. The lowest BCUT2D eigenvalue weighted by atomic mass is 9.96. The van der Waals surface area contributed by atoms with Crippen LogP contribution in [0.25, 0.3) is 23.0 Å². The van der Waals surface area contributed by atoms with E-state index in [1.165, 1.54) is 17.4 Å². The number of aryl methyl sites for hydroxylation is 1. The number of rotatable bonds is 11. The first-order chi connectivity index (χ1) is 23.3. The Kier molecular flexibility index (Phi) is 9.36. The molecule has 1 atom stereocenters. The molecule has 0 saturated carbocycles. The highest BCUT2D eigenvalue weighted by Gasteiger charge is 2.33. The second-order valence-corrected chi connectivity index (χ2v) is 12.0. The predicted molar refractivity (Wildman–Crippen MR) is 187 cm³/mol. The minimum Gasteiger partial charge on any atom is -0.497 e. The third kappa shape index (κ3) is 6.30. The molecule has 9 nitrogen and oxygen atoms in total. The number of nitrogens with zero attached hydrogens (tertiary/aromatic N) is 4. The van der Waals surface area contributed by atoms with Gasteiger partial charge in [-0.25, -0.2) is 14.5 Å². The smallest absolute Gasteiger partial charge is 0.338 e. The Balaban J connectivity index is 1.53. The Morgan fingerprint density at radius 2 is 1.75 bits per heavy atom. The van der Waals surface area contributed by atoms with Crippen LogP contribution in [-0.4, -0.2) is 40.6 Å². The topological polar surface area (TPSA) is 96.9 Å². The van der Waals surface area contributed by atoms with Crippen LogP contribution >= 0.6 is 11.3 Å². The van der Waals surface area contributed by atoms with Crippen LogP contribution in [0, 0.1) is 6.92 Å². The summed E-state index contributed by atoms with van der Waals surface area (Å²) in [4.78, 5) is 32.9. The van der Waals surface area contributed by atoms with Crippen LogP contribution in [-0.2, 0) is 9.53 Å². The molecule has 0 aliphatic carbocycles. The van der Waals surface area contributed by atoms with Gasteiger partial charge in [-0.3, -0.25) is 9.36 Å². The van der Waals surface area contributed by atoms with E-state index in [0.29, 0.717) is 33.1 Å². The Labute approximate surface area is 281 Å². The number of ether oxygens (including phenoxy) is 3. The Morgan fingerprint density at radius 1 is 1.00 bits per heavy atom. The molecule has 0 spiro atoms. The van der Waals surface area contributed by atoms with E-state index in [-0.39, 0.29) is 17.7 Å². The number of carbonyl (C=O) groups is 1. The van der Waals surface area contributed by atoms with Gasteiger partial charge < -0.3 is 14.2 Å². The van der Waals surface area contributed by atoms with Crippen LogP contribution < -0.4 is 24.4 Å². The standard InChI is InChI=1S/C38H34N4O5S/c1-6-19-46-31-18-15-27(21-24(31)3)34-28(23-41(40-34)29-11-9-8-10-12-29)22-32-36(43)42-35(26-13-16-30(45-5)17-14-26)33(37(44)47-20-7-2)25(4)39-38(42)48-32/h6-18,21-23,35H,1-2,19-20H2,3-5H3/b32-22+/t35-/m0/s1. The lowest BCUT2D eigenvalue weighted by molar-refractivity contribution is -0.138. The molecule has 5 aromatic rings. The first kappa shape index (κ1) is 32.2. The third-order valence-corrected chi connectivity index (χ3v) is 8.84. The summed E-state index contributed by atoms with van der Waals surface area (Å²) in [6, 6.07) is 22.2. The van der Waals surface area contributed by atoms with E-state index >= 15 is 0 Å². The minimum atomic E-state index is -0.760. The molecule has 242 valence electrons. The summed E-state index contributed by atoms with van der Waals surface area (Å²) in [7, 11) is 1.58. The summed E-state index contributed by atoms with van der Waals surface area (Å²) in [5.41, 5.74) is 5.31. The number of esters is 1. The number of allylic oxidation sites excluding steroid dienone is 1. The van der Waals surface area contributed by atoms with Crippen molar-refractivity contribution in [3.63, 3.8) is 0 Å². The van der Waals surface area contributed by atoms with Crippen molar-refractivity contribution in [3.8, 4) is 28.4 Å². The molecule has 0 saturated heterocycles. The largest absolute Gasteiger partial charge is 0.497 e. The van der Waals surface area contributed by atoms with Gasteiger partial charge in [-0.1, -0.05) is 67.0 Å². The maximum atomic E-state index is 14.4. The van der Waals surface area contributed by atoms with E-state index in [1.807, 2.05) is 79.9 Å². The Morgan fingerprint density at radius 3 is 2.44 bits per heavy atom. The molecule has 0 radical (unpaired) electrons. The highest BCUT2D eigenvalue weighted by Crippen LogP contribution is 2.32. The molecule has 3 aromatic carbocycles. The van der Waals surface area contributed by atoms with Crippen molar-refractivity contribution >= 4 is 23.4 Å². The van der Waals surface area contributed by atoms with Crippen LogP contribution in [0.2, 0.25) is 0 Å². The molecular formula is C38H34N4O5S. The zero-order chi connectivity index (χ0) is 33.8. The van der Waals surface area contributed by atoms with Crippen LogP contribution in [0.5, 0.6) is 11.5 Å². The SMILES string of the molecule is C=CCOC(=O)C1=C(C)N=c2s/c(=C/c3cn(-c4ccccc4)nc3-c3ccc(OCC=C)c(C)c3)c(=O)n2[C@H]1c1ccc(OC)cc1. The van der Waals surface area contributed by atoms with Crippen molar-refractivity contribution in [1.82, 2.24) is 14.3 Å². The molecule has 10 heteroatoms. The number of fused-ring (bicyclic) bond motifs is 1. The number of thiazole rings is 1. The third-order valence-electron chi connectivity index (χ3n) is 7.86. The van der Waals surface area contributed by atoms with Crippen molar-refractivity contribution < 1.29 is 19.0 Å². The van der Waals surface area contributed by atoms with Crippen molar-refractivity contribution in [2.45, 2.75) is 19.9 Å². The zero-order valence-corrected chi connectivity index (χ0v) is 27.7. The molecule has 0 amide bonds. The molecule has 48 heavy (non-hydrogen) atoms. The maximum absolute atomic E-state index is 14.4. The summed E-state index contributed by atoms with van der Waals surface area (Å²) in [5.74, 6) is 0.849. The van der Waals surface area contributed by atoms with Crippen LogP contribution in [0.15, 0.2) is 125 Å². The van der Waals surface area contributed by atoms with Crippen molar-refractivity contribution in [2.75, 3.05) is 20.3 Å². The first-order valence-electron chi connectivity index (χ1n) is 15.3. The number of para-hydroxylation sites is 1. The molecule has 1 aliphatic heterocycles. The van der Waals surface area contributed by atoms with Gasteiger partial charge in [0.05, 0.1) is 34.6 Å². The molecule has 0 fully saturated rings. The number of aromatic nitrogens is 3. The van der Waals surface area contributed by atoms with Gasteiger partial charge in [-0.05, 0) is 73.5 Å². The fourth-order valence-electron chi connectivity index (χ4n) is 5.58. The van der Waals surface area contributed by atoms with Crippen LogP contribution in [0.3, 0.4) is 0 Å². The van der Waals surface area contributed by atoms with E-state index in [4.69, 9.17) is 24.3 Å². The highest BCUT2D eigenvalue weighted by atomic mass is 32.1. The summed E-state index contributed by atoms with van der Waals surface area (Å²) in [6.07, 6.45) is 6.95. The van der Waals surface area contributed by atoms with E-state index < -0.39 is 12.0 Å². The normalized spacial score (nSPS) is 14.2. The molecule has 6 rings (SSSR count). The van der Waals surface area contributed by atoms with Gasteiger partial charge in [0.1, 0.15) is 30.4 Å². The second-order valence-electron chi connectivity index (χ2n) is 11.0. The predicted octanol–water partition coefficient (Wildman–Crippen LogP) is 5.70. The van der Waals surface area contributed by atoms with Crippen molar-refractivity contribution in [3.05, 3.63) is 152 Å². The highest BCUT2D eigenvalue weighted by molar-refractivity contribution is 7.07. The molecule has 0 bridgehead atoms. The van der Waals surface area contributed by atoms with Gasteiger partial charge in [-0.2, -0.15) is 5.10 Å². The average Bonchev–Trinajstić information content (AvgIpc) is 3.66. The quantitative estimate of drug-likeness (QED) is 0.134. The molecule has 1 aliphatic rings. The van der Waals surface area contributed by atoms with Crippen LogP contribution in [0.1, 0.15) is 29.7 Å². The van der Waals surface area contributed by atoms with E-state index in [0.717, 1.165) is 33.7 Å². The van der Waals surface area contributed by atoms with Gasteiger partial charge in [0, 0.05) is 17.3 Å². The average molecular weight is 659 g/mol. The maximum Gasteiger partial charge on any atom is 0.338 e. The molecule has 0 N–H and O–H groups in total. The Bertz CT molecular complexity index is 2230. The summed E-state index contributed by atoms with van der Waals surface area (Å²) >= 11 is 1.26. The monoisotopic (exact) mass is 658 g/mol. The molecule has 0 unspecified atom stereocenters. The minimum absolute atomic E-state index is 0.0321. The zero-order valence-electron chi connectivity index (χ0n) is 26.9. The van der Waals surface area contributed by atoms with Crippen LogP contribution in [0.4, 0.5) is 0 Å². The van der Waals surface area contributed by atoms with E-state index in [2.05, 4.69) is 13.2 Å². The first-order valence-corrected chi connectivity index (χ1v) is 16.1. The lowest BCUT2D eigenvalue weighted by Crippen LogP contribution is -2.39. The summed E-state index contributed by atoms with van der Waals surface area (Å²) in [5, 5.41) is 4.96. The fraction of sp³-hybridized carbons (Fsp3) is 0.158. The lowest BCUT2D eigenvalue weighted by Gasteiger charge is -2.24. The molecule has 2 aromatic heterocycles. The number of methoxy groups -OCH3 is 1. The molecule has 3 heterocycles. The van der Waals surface area contributed by atoms with Crippen molar-refractivity contribution in [2.24, 2.45) is 4.99 Å². The van der Waals surface area contributed by atoms with E-state index in [9.17, 15) is 9.59 Å². The van der Waals surface area contributed by atoms with Crippen molar-refractivity contribution in [1.29, 1.82) is 0 Å². The van der Waals surface area contributed by atoms with Gasteiger partial charge in [-0.15, -0.1) is 0 Å². The van der Waals surface area contributed by atoms with Gasteiger partial charge >= 0.3 is 5.97 Å². The number of benzene rings is 3. The number of carbonyl (C=O) groups excluding carboxylic acids is 1. The second kappa shape index (κ2) is 13.9. The Hall–Kier alpha value is -5.74. The summed E-state index contributed by atoms with van der Waals surface area (Å²) in [6.45, 7) is 11.6. The fourth-order valence-corrected chi connectivity index (χ4v) is 6.61. The number of hydrogen-bond acceptors (Lipinski definition) is 8. The molecular weight excluding hydrogens is 625 g/mol. The van der Waals surface area contributed by atoms with Gasteiger partial charge in [0.2, 0.25) is 0 Å². The van der Waals surface area contributed by atoms with Gasteiger partial charge in [0.25, 0.3) is 5.56 Å². The van der Waals surface area contributed by atoms with Gasteiger partial charge in [0.15, 0.2) is 4.80 Å². The summed E-state index contributed by atoms with van der Waals surface area (Å²) < 4.78 is 20.4. The van der Waals surface area contributed by atoms with E-state index in [1.54, 1.807) is 41.5 Å².